The van der Waals surface area contributed by atoms with Crippen LogP contribution in [0.15, 0.2) is 36.4 Å². The molecule has 35 heavy (non-hydrogen) atoms. The monoisotopic (exact) mass is 503 g/mol. The largest absolute Gasteiger partial charge is 0.490 e. The second-order valence-electron chi connectivity index (χ2n) is 9.09. The number of halogens is 3. The summed E-state index contributed by atoms with van der Waals surface area (Å²) in [5, 5.41) is 18.2. The molecule has 1 amide bonds. The topological polar surface area (TPSA) is 76.8 Å². The predicted molar refractivity (Wildman–Crippen MR) is 128 cm³/mol. The van der Waals surface area contributed by atoms with Gasteiger partial charge < -0.3 is 14.7 Å². The van der Waals surface area contributed by atoms with Crippen LogP contribution in [0.4, 0.5) is 24.5 Å². The van der Waals surface area contributed by atoms with Crippen molar-refractivity contribution in [3.63, 3.8) is 0 Å². The molecule has 4 rings (SSSR count). The number of benzene rings is 2. The number of nitriles is 1. The Kier molecular flexibility index (Phi) is 6.51. The molecule has 0 radical (unpaired) electrons. The summed E-state index contributed by atoms with van der Waals surface area (Å²) in [6, 6.07) is 10.2. The normalized spacial score (nSPS) is 19.4. The molecule has 184 valence electrons. The zero-order valence-corrected chi connectivity index (χ0v) is 20.0. The highest BCUT2D eigenvalue weighted by Gasteiger charge is 2.51. The number of aliphatic hydroxyl groups excluding tert-OH is 1. The highest BCUT2D eigenvalue weighted by molar-refractivity contribution is 7.81. The number of thiocarbonyl (C=S) groups is 1. The molecule has 0 spiro atoms. The summed E-state index contributed by atoms with van der Waals surface area (Å²) in [7, 11) is 0. The number of alkyl halides is 3. The Bertz CT molecular complexity index is 1220. The maximum absolute atomic E-state index is 13.5. The first kappa shape index (κ1) is 24.9. The predicted octanol–water partition coefficient (Wildman–Crippen LogP) is 4.96. The number of ether oxygens (including phenoxy) is 1. The van der Waals surface area contributed by atoms with Crippen molar-refractivity contribution in [2.24, 2.45) is 0 Å². The summed E-state index contributed by atoms with van der Waals surface area (Å²) >= 11 is 5.60. The molecule has 2 aliphatic rings. The molecule has 0 saturated carbocycles. The lowest BCUT2D eigenvalue weighted by molar-refractivity contribution is -0.137. The second kappa shape index (κ2) is 9.13. The average molecular weight is 504 g/mol. The van der Waals surface area contributed by atoms with Crippen LogP contribution in [0.2, 0.25) is 0 Å². The molecule has 0 aromatic heterocycles. The van der Waals surface area contributed by atoms with Crippen molar-refractivity contribution in [2.45, 2.75) is 57.3 Å². The van der Waals surface area contributed by atoms with E-state index in [2.05, 4.69) is 0 Å². The van der Waals surface area contributed by atoms with Gasteiger partial charge in [-0.3, -0.25) is 9.69 Å². The van der Waals surface area contributed by atoms with Gasteiger partial charge in [-0.1, -0.05) is 0 Å². The lowest BCUT2D eigenvalue weighted by Crippen LogP contribution is -2.44. The van der Waals surface area contributed by atoms with Gasteiger partial charge in [0.1, 0.15) is 11.3 Å². The first-order valence-electron chi connectivity index (χ1n) is 11.2. The summed E-state index contributed by atoms with van der Waals surface area (Å²) in [5.74, 6) is 0.259. The van der Waals surface area contributed by atoms with Gasteiger partial charge in [-0.05, 0) is 93.7 Å². The Morgan fingerprint density at radius 2 is 1.94 bits per heavy atom. The fourth-order valence-electron chi connectivity index (χ4n) is 4.55. The Morgan fingerprint density at radius 3 is 2.60 bits per heavy atom. The smallest absolute Gasteiger partial charge is 0.417 e. The van der Waals surface area contributed by atoms with Gasteiger partial charge in [-0.15, -0.1) is 0 Å². The SMILES string of the molecule is CC1(C)C(=O)N(c2ccc(C#N)c(C(F)(F)F)c2)C(=S)N1c1ccc2c(c1)CC[C@H](CCCO)O2. The molecule has 2 aromatic rings. The number of rotatable bonds is 5. The van der Waals surface area contributed by atoms with E-state index < -0.39 is 28.7 Å². The van der Waals surface area contributed by atoms with Crippen LogP contribution in [0.5, 0.6) is 5.75 Å². The molecule has 2 aromatic carbocycles. The number of nitrogens with zero attached hydrogens (tertiary/aromatic N) is 3. The fourth-order valence-corrected chi connectivity index (χ4v) is 5.07. The quantitative estimate of drug-likeness (QED) is 0.582. The van der Waals surface area contributed by atoms with Crippen LogP contribution in [0.25, 0.3) is 0 Å². The van der Waals surface area contributed by atoms with E-state index in [9.17, 15) is 18.0 Å². The van der Waals surface area contributed by atoms with E-state index >= 15 is 0 Å². The minimum atomic E-state index is -4.76. The lowest BCUT2D eigenvalue weighted by Gasteiger charge is -2.32. The number of hydrogen-bond donors (Lipinski definition) is 1. The van der Waals surface area contributed by atoms with Crippen molar-refractivity contribution in [1.29, 1.82) is 5.26 Å². The number of carbonyl (C=O) groups is 1. The van der Waals surface area contributed by atoms with E-state index in [0.29, 0.717) is 12.1 Å². The van der Waals surface area contributed by atoms with E-state index in [1.54, 1.807) is 30.9 Å². The number of aliphatic hydroxyl groups is 1. The van der Waals surface area contributed by atoms with Crippen LogP contribution >= 0.6 is 12.2 Å². The molecule has 2 heterocycles. The third-order valence-electron chi connectivity index (χ3n) is 6.37. The van der Waals surface area contributed by atoms with E-state index in [4.69, 9.17) is 27.3 Å². The number of fused-ring (bicyclic) bond motifs is 1. The van der Waals surface area contributed by atoms with Gasteiger partial charge in [0.2, 0.25) is 0 Å². The van der Waals surface area contributed by atoms with Crippen LogP contribution < -0.4 is 14.5 Å². The zero-order chi connectivity index (χ0) is 25.5. The molecule has 1 N–H and O–H groups in total. The molecular formula is C25H24F3N3O3S. The summed E-state index contributed by atoms with van der Waals surface area (Å²) in [4.78, 5) is 16.1. The molecular weight excluding hydrogens is 479 g/mol. The van der Waals surface area contributed by atoms with Gasteiger partial charge in [-0.2, -0.15) is 18.4 Å². The van der Waals surface area contributed by atoms with Gasteiger partial charge in [0.05, 0.1) is 29.0 Å². The van der Waals surface area contributed by atoms with Crippen molar-refractivity contribution in [1.82, 2.24) is 0 Å². The van der Waals surface area contributed by atoms with Crippen molar-refractivity contribution < 1.29 is 27.8 Å². The van der Waals surface area contributed by atoms with Crippen LogP contribution in [-0.2, 0) is 17.4 Å². The van der Waals surface area contributed by atoms with E-state index in [0.717, 1.165) is 47.6 Å². The first-order valence-corrected chi connectivity index (χ1v) is 11.6. The van der Waals surface area contributed by atoms with Gasteiger partial charge in [0.15, 0.2) is 5.11 Å². The van der Waals surface area contributed by atoms with Crippen molar-refractivity contribution in [3.8, 4) is 11.8 Å². The molecule has 1 fully saturated rings. The van der Waals surface area contributed by atoms with E-state index in [1.807, 2.05) is 12.1 Å². The molecule has 6 nitrogen and oxygen atoms in total. The van der Waals surface area contributed by atoms with E-state index in [-0.39, 0.29) is 23.5 Å². The van der Waals surface area contributed by atoms with Crippen LogP contribution in [0, 0.1) is 11.3 Å². The highest BCUT2D eigenvalue weighted by atomic mass is 32.1. The highest BCUT2D eigenvalue weighted by Crippen LogP contribution is 2.41. The number of amides is 1. The lowest BCUT2D eigenvalue weighted by atomic mass is 9.97. The fraction of sp³-hybridized carbons (Fsp3) is 0.400. The van der Waals surface area contributed by atoms with Gasteiger partial charge >= 0.3 is 6.18 Å². The van der Waals surface area contributed by atoms with Gasteiger partial charge in [-0.25, -0.2) is 0 Å². The number of anilines is 2. The minimum Gasteiger partial charge on any atom is -0.490 e. The van der Waals surface area contributed by atoms with Crippen molar-refractivity contribution in [2.75, 3.05) is 16.4 Å². The van der Waals surface area contributed by atoms with Crippen molar-refractivity contribution >= 4 is 34.6 Å². The molecule has 0 aliphatic carbocycles. The first-order chi connectivity index (χ1) is 16.5. The second-order valence-corrected chi connectivity index (χ2v) is 9.46. The number of hydrogen-bond acceptors (Lipinski definition) is 5. The Balaban J connectivity index is 1.68. The third kappa shape index (κ3) is 4.46. The van der Waals surface area contributed by atoms with Crippen molar-refractivity contribution in [3.05, 3.63) is 53.1 Å². The Labute approximate surface area is 206 Å². The molecule has 0 unspecified atom stereocenters. The van der Waals surface area contributed by atoms with Gasteiger partial charge in [0, 0.05) is 12.3 Å². The maximum atomic E-state index is 13.5. The van der Waals surface area contributed by atoms with E-state index in [1.165, 1.54) is 6.07 Å². The molecule has 1 atom stereocenters. The zero-order valence-electron chi connectivity index (χ0n) is 19.2. The molecule has 10 heteroatoms. The maximum Gasteiger partial charge on any atom is 0.417 e. The molecule has 2 aliphatic heterocycles. The third-order valence-corrected chi connectivity index (χ3v) is 6.74. The average Bonchev–Trinajstić information content (AvgIpc) is 2.99. The summed E-state index contributed by atoms with van der Waals surface area (Å²) in [6.45, 7) is 3.44. The Hall–Kier alpha value is -3.16. The van der Waals surface area contributed by atoms with Crippen LogP contribution in [-0.4, -0.2) is 34.4 Å². The minimum absolute atomic E-state index is 0.0288. The standard InChI is InChI=1S/C25H24F3N3O3S/c1-24(2)22(33)30(17-7-5-16(14-29)20(13-17)25(26,27)28)23(35)31(24)18-8-10-21-15(12-18)6-9-19(34-21)4-3-11-32/h5,7-8,10,12-13,19,32H,3-4,6,9,11H2,1-2H3/t19-/m0/s1. The summed E-state index contributed by atoms with van der Waals surface area (Å²) in [6.07, 6.45) is -1.76. The van der Waals surface area contributed by atoms with Gasteiger partial charge in [0.25, 0.3) is 5.91 Å². The summed E-state index contributed by atoms with van der Waals surface area (Å²) < 4.78 is 46.6. The Morgan fingerprint density at radius 1 is 1.23 bits per heavy atom. The number of aryl methyl sites for hydroxylation is 1. The summed E-state index contributed by atoms with van der Waals surface area (Å²) in [5.41, 5.74) is -1.26. The number of carbonyl (C=O) groups excluding carboxylic acids is 1. The van der Waals surface area contributed by atoms with Crippen LogP contribution in [0.1, 0.15) is 49.8 Å². The van der Waals surface area contributed by atoms with Crippen LogP contribution in [0.3, 0.4) is 0 Å². The molecule has 0 bridgehead atoms. The molecule has 1 saturated heterocycles.